The molecule has 1 aromatic carbocycles. The number of alkyl halides is 3. The molecule has 126 valence electrons. The third kappa shape index (κ3) is 2.87. The first-order valence-electron chi connectivity index (χ1n) is 7.21. The molecule has 0 amide bonds. The molecular weight excluding hydrogens is 339 g/mol. The van der Waals surface area contributed by atoms with Gasteiger partial charge in [0, 0.05) is 7.05 Å². The average molecular weight is 353 g/mol. The van der Waals surface area contributed by atoms with Gasteiger partial charge in [-0.15, -0.1) is 0 Å². The van der Waals surface area contributed by atoms with Gasteiger partial charge >= 0.3 is 6.18 Å². The first-order valence-corrected chi connectivity index (χ1v) is 8.53. The largest absolute Gasteiger partial charge is 0.611 e. The molecule has 3 aromatic rings. The van der Waals surface area contributed by atoms with E-state index < -0.39 is 23.0 Å². The predicted octanol–water partition coefficient (Wildman–Crippen LogP) is 3.78. The lowest BCUT2D eigenvalue weighted by atomic mass is 10.2. The number of fused-ring (bicyclic) bond motifs is 1. The van der Waals surface area contributed by atoms with Crippen molar-refractivity contribution in [1.29, 1.82) is 0 Å². The monoisotopic (exact) mass is 353 g/mol. The Kier molecular flexibility index (Phi) is 4.27. The molecule has 0 spiro atoms. The lowest BCUT2D eigenvalue weighted by molar-refractivity contribution is -0.141. The van der Waals surface area contributed by atoms with Gasteiger partial charge in [-0.3, -0.25) is 0 Å². The summed E-state index contributed by atoms with van der Waals surface area (Å²) < 4.78 is 52.4. The molecule has 0 aliphatic rings. The Morgan fingerprint density at radius 1 is 1.12 bits per heavy atom. The van der Waals surface area contributed by atoms with Gasteiger partial charge in [-0.25, -0.2) is 9.97 Å². The number of aromatic nitrogens is 3. The molecule has 2 aromatic heterocycles. The fraction of sp³-hybridized carbons (Fsp3) is 0.250. The Hall–Kier alpha value is -2.06. The fourth-order valence-electron chi connectivity index (χ4n) is 2.48. The van der Waals surface area contributed by atoms with Crippen LogP contribution in [0.15, 0.2) is 41.3 Å². The van der Waals surface area contributed by atoms with E-state index >= 15 is 0 Å². The maximum atomic E-state index is 12.8. The van der Waals surface area contributed by atoms with Crippen LogP contribution in [0.2, 0.25) is 0 Å². The van der Waals surface area contributed by atoms with Gasteiger partial charge in [-0.1, -0.05) is 12.1 Å². The molecule has 0 fully saturated rings. The van der Waals surface area contributed by atoms with Crippen LogP contribution in [0.5, 0.6) is 0 Å². The third-order valence-electron chi connectivity index (χ3n) is 3.67. The first kappa shape index (κ1) is 16.8. The molecule has 3 rings (SSSR count). The molecule has 0 bridgehead atoms. The number of benzene rings is 1. The van der Waals surface area contributed by atoms with Gasteiger partial charge in [0.2, 0.25) is 0 Å². The maximum Gasteiger partial charge on any atom is 0.433 e. The standard InChI is InChI=1S/C16H14F3N3OS/c1-3-24(23)12-7-5-4-6-10(12)15-21-14-11(22(15)2)8-9-13(20-14)16(17,18)19/h4-9H,3H2,1-2H3. The molecule has 2 heterocycles. The van der Waals surface area contributed by atoms with Crippen LogP contribution in [0.1, 0.15) is 12.6 Å². The molecule has 0 aliphatic carbocycles. The summed E-state index contributed by atoms with van der Waals surface area (Å²) in [7, 11) is 1.70. The normalized spacial score (nSPS) is 13.4. The van der Waals surface area contributed by atoms with E-state index in [1.54, 1.807) is 42.8 Å². The fourth-order valence-corrected chi connectivity index (χ4v) is 3.42. The van der Waals surface area contributed by atoms with Gasteiger partial charge < -0.3 is 9.12 Å². The van der Waals surface area contributed by atoms with Gasteiger partial charge in [-0.2, -0.15) is 13.2 Å². The van der Waals surface area contributed by atoms with Crippen LogP contribution >= 0.6 is 0 Å². The zero-order valence-corrected chi connectivity index (χ0v) is 13.8. The van der Waals surface area contributed by atoms with Gasteiger partial charge in [0.05, 0.1) is 11.1 Å². The van der Waals surface area contributed by atoms with Gasteiger partial charge in [0.15, 0.2) is 10.5 Å². The summed E-state index contributed by atoms with van der Waals surface area (Å²) >= 11 is -1.20. The minimum atomic E-state index is -4.52. The molecule has 1 atom stereocenters. The minimum absolute atomic E-state index is 0.0133. The highest BCUT2D eigenvalue weighted by atomic mass is 32.2. The highest BCUT2D eigenvalue weighted by Crippen LogP contribution is 2.32. The van der Waals surface area contributed by atoms with Crippen molar-refractivity contribution in [1.82, 2.24) is 14.5 Å². The Bertz CT molecular complexity index is 892. The average Bonchev–Trinajstić information content (AvgIpc) is 2.89. The number of aryl methyl sites for hydroxylation is 1. The minimum Gasteiger partial charge on any atom is -0.611 e. The zero-order valence-electron chi connectivity index (χ0n) is 13.0. The van der Waals surface area contributed by atoms with Crippen molar-refractivity contribution in [2.24, 2.45) is 7.05 Å². The summed E-state index contributed by atoms with van der Waals surface area (Å²) in [6.07, 6.45) is -4.52. The second-order valence-electron chi connectivity index (χ2n) is 5.16. The van der Waals surface area contributed by atoms with Crippen molar-refractivity contribution in [2.45, 2.75) is 18.0 Å². The second kappa shape index (κ2) is 6.10. The maximum absolute atomic E-state index is 12.8. The highest BCUT2D eigenvalue weighted by molar-refractivity contribution is 7.91. The van der Waals surface area contributed by atoms with Crippen molar-refractivity contribution >= 4 is 22.3 Å². The number of halogens is 3. The van der Waals surface area contributed by atoms with Crippen LogP contribution in [0, 0.1) is 0 Å². The van der Waals surface area contributed by atoms with E-state index in [0.29, 0.717) is 27.6 Å². The number of imidazole rings is 1. The summed E-state index contributed by atoms with van der Waals surface area (Å²) in [5, 5.41) is 0. The topological polar surface area (TPSA) is 53.8 Å². The van der Waals surface area contributed by atoms with Crippen molar-refractivity contribution in [2.75, 3.05) is 5.75 Å². The van der Waals surface area contributed by atoms with E-state index in [9.17, 15) is 17.7 Å². The second-order valence-corrected chi connectivity index (χ2v) is 6.87. The Morgan fingerprint density at radius 2 is 1.83 bits per heavy atom. The van der Waals surface area contributed by atoms with Crippen LogP contribution in [0.3, 0.4) is 0 Å². The quantitative estimate of drug-likeness (QED) is 0.674. The number of pyridine rings is 1. The molecule has 0 radical (unpaired) electrons. The molecule has 1 unspecified atom stereocenters. The highest BCUT2D eigenvalue weighted by Gasteiger charge is 2.33. The van der Waals surface area contributed by atoms with E-state index in [-0.39, 0.29) is 5.65 Å². The molecule has 24 heavy (non-hydrogen) atoms. The molecule has 4 nitrogen and oxygen atoms in total. The van der Waals surface area contributed by atoms with Crippen molar-refractivity contribution in [3.63, 3.8) is 0 Å². The zero-order chi connectivity index (χ0) is 17.5. The molecular formula is C16H14F3N3OS. The van der Waals surface area contributed by atoms with Crippen molar-refractivity contribution in [3.8, 4) is 11.4 Å². The van der Waals surface area contributed by atoms with Gasteiger partial charge in [0.25, 0.3) is 0 Å². The van der Waals surface area contributed by atoms with Crippen molar-refractivity contribution < 1.29 is 17.7 Å². The molecule has 0 saturated heterocycles. The Labute approximate surface area is 139 Å². The van der Waals surface area contributed by atoms with Crippen LogP contribution in [0.25, 0.3) is 22.6 Å². The number of rotatable bonds is 3. The van der Waals surface area contributed by atoms with Crippen molar-refractivity contribution in [3.05, 3.63) is 42.1 Å². The first-order chi connectivity index (χ1) is 11.3. The SMILES string of the molecule is CC[S+]([O-])c1ccccc1-c1nc2nc(C(F)(F)F)ccc2n1C. The summed E-state index contributed by atoms with van der Waals surface area (Å²) in [6, 6.07) is 9.33. The van der Waals surface area contributed by atoms with E-state index in [4.69, 9.17) is 0 Å². The number of nitrogens with zero attached hydrogens (tertiary/aromatic N) is 3. The third-order valence-corrected chi connectivity index (χ3v) is 5.04. The summed E-state index contributed by atoms with van der Waals surface area (Å²) in [6.45, 7) is 1.80. The van der Waals surface area contributed by atoms with Gasteiger partial charge in [0.1, 0.15) is 17.3 Å². The van der Waals surface area contributed by atoms with Crippen LogP contribution < -0.4 is 0 Å². The molecule has 8 heteroatoms. The van der Waals surface area contributed by atoms with E-state index in [0.717, 1.165) is 6.07 Å². The van der Waals surface area contributed by atoms with E-state index in [1.807, 2.05) is 0 Å². The molecule has 0 aliphatic heterocycles. The van der Waals surface area contributed by atoms with Gasteiger partial charge in [-0.05, 0) is 42.4 Å². The lowest BCUT2D eigenvalue weighted by Gasteiger charge is -2.12. The Morgan fingerprint density at radius 3 is 2.50 bits per heavy atom. The number of hydrogen-bond donors (Lipinski definition) is 0. The summed E-state index contributed by atoms with van der Waals surface area (Å²) in [5.41, 5.74) is 0.145. The number of hydrogen-bond acceptors (Lipinski definition) is 3. The van der Waals surface area contributed by atoms with E-state index in [2.05, 4.69) is 9.97 Å². The van der Waals surface area contributed by atoms with Crippen LogP contribution in [-0.4, -0.2) is 24.8 Å². The van der Waals surface area contributed by atoms with Crippen LogP contribution in [0.4, 0.5) is 13.2 Å². The smallest absolute Gasteiger partial charge is 0.433 e. The summed E-state index contributed by atoms with van der Waals surface area (Å²) in [5.74, 6) is 0.881. The van der Waals surface area contributed by atoms with E-state index in [1.165, 1.54) is 6.07 Å². The summed E-state index contributed by atoms with van der Waals surface area (Å²) in [4.78, 5) is 8.47. The van der Waals surface area contributed by atoms with Crippen LogP contribution in [-0.2, 0) is 24.4 Å². The molecule has 0 saturated carbocycles. The Balaban J connectivity index is 2.20. The lowest BCUT2D eigenvalue weighted by Crippen LogP contribution is -2.07. The predicted molar refractivity (Wildman–Crippen MR) is 85.9 cm³/mol. The molecule has 0 N–H and O–H groups in total.